The van der Waals surface area contributed by atoms with E-state index in [2.05, 4.69) is 26.7 Å². The minimum atomic E-state index is -0.309. The molecular weight excluding hydrogens is 413 g/mol. The first-order chi connectivity index (χ1) is 15.3. The van der Waals surface area contributed by atoms with Crippen molar-refractivity contribution in [2.45, 2.75) is 36.4 Å². The van der Waals surface area contributed by atoms with Crippen molar-refractivity contribution < 1.29 is 13.5 Å². The van der Waals surface area contributed by atoms with E-state index in [1.54, 1.807) is 30.2 Å². The monoisotopic (exact) mass is 435 g/mol. The number of halogens is 1. The fourth-order valence-corrected chi connectivity index (χ4v) is 4.61. The van der Waals surface area contributed by atoms with Crippen molar-refractivity contribution in [2.24, 2.45) is 0 Å². The van der Waals surface area contributed by atoms with Gasteiger partial charge in [0.1, 0.15) is 12.1 Å². The van der Waals surface area contributed by atoms with Crippen molar-refractivity contribution in [2.75, 3.05) is 6.61 Å². The Bertz CT molecular complexity index is 1150. The molecule has 4 aromatic rings. The lowest BCUT2D eigenvalue weighted by Gasteiger charge is -2.16. The molecule has 3 heterocycles. The summed E-state index contributed by atoms with van der Waals surface area (Å²) >= 11 is 1.61. The molecule has 0 spiro atoms. The molecular formula is C24H22FN3O2S. The zero-order chi connectivity index (χ0) is 21.0. The van der Waals surface area contributed by atoms with Crippen molar-refractivity contribution >= 4 is 11.8 Å². The van der Waals surface area contributed by atoms with E-state index in [0.717, 1.165) is 48.1 Å². The number of benzene rings is 2. The van der Waals surface area contributed by atoms with Crippen LogP contribution in [0.3, 0.4) is 0 Å². The summed E-state index contributed by atoms with van der Waals surface area (Å²) < 4.78 is 27.2. The van der Waals surface area contributed by atoms with Gasteiger partial charge in [-0.3, -0.25) is 0 Å². The van der Waals surface area contributed by atoms with Crippen molar-refractivity contribution in [3.8, 4) is 22.7 Å². The number of oxazole rings is 1. The number of hydrogen-bond acceptors (Lipinski definition) is 5. The van der Waals surface area contributed by atoms with E-state index in [1.807, 2.05) is 24.4 Å². The molecule has 0 N–H and O–H groups in total. The van der Waals surface area contributed by atoms with Crippen LogP contribution in [-0.4, -0.2) is 27.2 Å². The molecule has 1 aliphatic heterocycles. The minimum Gasteiger partial charge on any atom is -0.444 e. The highest BCUT2D eigenvalue weighted by atomic mass is 32.2. The van der Waals surface area contributed by atoms with E-state index in [1.165, 1.54) is 12.1 Å². The SMILES string of the molecule is Fc1cccc(-c2nc(CSc3ncc(-c4ccccc4)n3CC3CCCO3)co2)c1. The van der Waals surface area contributed by atoms with Gasteiger partial charge in [0.05, 0.1) is 30.2 Å². The molecule has 0 saturated carbocycles. The number of imidazole rings is 1. The van der Waals surface area contributed by atoms with E-state index in [9.17, 15) is 4.39 Å². The summed E-state index contributed by atoms with van der Waals surface area (Å²) in [5.41, 5.74) is 3.63. The average Bonchev–Trinajstić information content (AvgIpc) is 3.55. The molecule has 2 aromatic heterocycles. The fraction of sp³-hybridized carbons (Fsp3) is 0.250. The Labute approximate surface area is 184 Å². The zero-order valence-corrected chi connectivity index (χ0v) is 17.7. The quantitative estimate of drug-likeness (QED) is 0.343. The summed E-state index contributed by atoms with van der Waals surface area (Å²) in [4.78, 5) is 9.21. The lowest BCUT2D eigenvalue weighted by molar-refractivity contribution is 0.0954. The molecule has 0 aliphatic carbocycles. The summed E-state index contributed by atoms with van der Waals surface area (Å²) in [6.07, 6.45) is 5.93. The van der Waals surface area contributed by atoms with Crippen molar-refractivity contribution in [1.82, 2.24) is 14.5 Å². The number of thioether (sulfide) groups is 1. The highest BCUT2D eigenvalue weighted by Crippen LogP contribution is 2.30. The van der Waals surface area contributed by atoms with Gasteiger partial charge in [-0.05, 0) is 36.6 Å². The predicted molar refractivity (Wildman–Crippen MR) is 118 cm³/mol. The summed E-state index contributed by atoms with van der Waals surface area (Å²) in [6.45, 7) is 1.60. The number of rotatable bonds is 7. The molecule has 1 atom stereocenters. The molecule has 0 bridgehead atoms. The van der Waals surface area contributed by atoms with Crippen LogP contribution in [0.2, 0.25) is 0 Å². The van der Waals surface area contributed by atoms with Crippen LogP contribution >= 0.6 is 11.8 Å². The molecule has 1 unspecified atom stereocenters. The van der Waals surface area contributed by atoms with Crippen LogP contribution in [0.1, 0.15) is 18.5 Å². The largest absolute Gasteiger partial charge is 0.444 e. The van der Waals surface area contributed by atoms with E-state index in [0.29, 0.717) is 17.2 Å². The van der Waals surface area contributed by atoms with Crippen LogP contribution < -0.4 is 0 Å². The first kappa shape index (κ1) is 20.0. The van der Waals surface area contributed by atoms with Gasteiger partial charge in [-0.25, -0.2) is 14.4 Å². The van der Waals surface area contributed by atoms with Gasteiger partial charge in [-0.15, -0.1) is 0 Å². The Morgan fingerprint density at radius 2 is 1.97 bits per heavy atom. The predicted octanol–water partition coefficient (Wildman–Crippen LogP) is 5.82. The van der Waals surface area contributed by atoms with Crippen LogP contribution in [0.15, 0.2) is 76.6 Å². The molecule has 5 nitrogen and oxygen atoms in total. The molecule has 0 amide bonds. The summed E-state index contributed by atoms with van der Waals surface area (Å²) in [6, 6.07) is 16.5. The molecule has 2 aromatic carbocycles. The van der Waals surface area contributed by atoms with E-state index >= 15 is 0 Å². The van der Waals surface area contributed by atoms with E-state index in [4.69, 9.17) is 9.15 Å². The maximum atomic E-state index is 13.5. The summed E-state index contributed by atoms with van der Waals surface area (Å²) in [5, 5.41) is 0.921. The molecule has 1 aliphatic rings. The second kappa shape index (κ2) is 9.08. The van der Waals surface area contributed by atoms with Crippen LogP contribution in [0.25, 0.3) is 22.7 Å². The van der Waals surface area contributed by atoms with Gasteiger partial charge >= 0.3 is 0 Å². The normalized spacial score (nSPS) is 16.1. The molecule has 158 valence electrons. The smallest absolute Gasteiger partial charge is 0.226 e. The average molecular weight is 436 g/mol. The van der Waals surface area contributed by atoms with Crippen LogP contribution in [-0.2, 0) is 17.0 Å². The second-order valence-electron chi connectivity index (χ2n) is 7.48. The summed E-state index contributed by atoms with van der Waals surface area (Å²) in [5.74, 6) is 0.717. The van der Waals surface area contributed by atoms with Gasteiger partial charge in [0.15, 0.2) is 5.16 Å². The van der Waals surface area contributed by atoms with Gasteiger partial charge in [0.25, 0.3) is 0 Å². The third-order valence-corrected chi connectivity index (χ3v) is 6.30. The van der Waals surface area contributed by atoms with Gasteiger partial charge in [-0.2, -0.15) is 0 Å². The number of nitrogens with zero attached hydrogens (tertiary/aromatic N) is 3. The lowest BCUT2D eigenvalue weighted by atomic mass is 10.1. The Kier molecular flexibility index (Phi) is 5.86. The van der Waals surface area contributed by atoms with Crippen LogP contribution in [0, 0.1) is 5.82 Å². The second-order valence-corrected chi connectivity index (χ2v) is 8.42. The molecule has 1 saturated heterocycles. The van der Waals surface area contributed by atoms with Crippen molar-refractivity contribution in [1.29, 1.82) is 0 Å². The van der Waals surface area contributed by atoms with E-state index < -0.39 is 0 Å². The lowest BCUT2D eigenvalue weighted by Crippen LogP contribution is -2.16. The molecule has 7 heteroatoms. The molecule has 5 rings (SSSR count). The van der Waals surface area contributed by atoms with Gasteiger partial charge in [0, 0.05) is 17.9 Å². The fourth-order valence-electron chi connectivity index (χ4n) is 3.75. The third kappa shape index (κ3) is 4.57. The van der Waals surface area contributed by atoms with Gasteiger partial charge in [-0.1, -0.05) is 48.2 Å². The Morgan fingerprint density at radius 1 is 1.10 bits per heavy atom. The number of aromatic nitrogens is 3. The third-order valence-electron chi connectivity index (χ3n) is 5.27. The summed E-state index contributed by atoms with van der Waals surface area (Å²) in [7, 11) is 0. The molecule has 0 radical (unpaired) electrons. The maximum absolute atomic E-state index is 13.5. The highest BCUT2D eigenvalue weighted by Gasteiger charge is 2.21. The van der Waals surface area contributed by atoms with Crippen molar-refractivity contribution in [3.05, 3.63) is 78.6 Å². The standard InChI is InChI=1S/C24H22FN3O2S/c25-19-9-4-8-18(12-19)23-27-20(15-30-23)16-31-24-26-13-22(17-6-2-1-3-7-17)28(24)14-21-10-5-11-29-21/h1-4,6-9,12-13,15,21H,5,10-11,14,16H2. The van der Waals surface area contributed by atoms with Gasteiger partial charge < -0.3 is 13.7 Å². The Morgan fingerprint density at radius 3 is 2.77 bits per heavy atom. The first-order valence-corrected chi connectivity index (χ1v) is 11.3. The van der Waals surface area contributed by atoms with Crippen LogP contribution in [0.5, 0.6) is 0 Å². The number of ether oxygens (including phenoxy) is 1. The van der Waals surface area contributed by atoms with Crippen molar-refractivity contribution in [3.63, 3.8) is 0 Å². The first-order valence-electron chi connectivity index (χ1n) is 10.3. The molecule has 31 heavy (non-hydrogen) atoms. The van der Waals surface area contributed by atoms with Gasteiger partial charge in [0.2, 0.25) is 5.89 Å². The zero-order valence-electron chi connectivity index (χ0n) is 16.9. The maximum Gasteiger partial charge on any atom is 0.226 e. The Hall–Kier alpha value is -2.90. The minimum absolute atomic E-state index is 0.211. The Balaban J connectivity index is 1.36. The van der Waals surface area contributed by atoms with E-state index in [-0.39, 0.29) is 11.9 Å². The molecule has 1 fully saturated rings. The number of hydrogen-bond donors (Lipinski definition) is 0. The highest BCUT2D eigenvalue weighted by molar-refractivity contribution is 7.98. The topological polar surface area (TPSA) is 53.1 Å². The van der Waals surface area contributed by atoms with Crippen LogP contribution in [0.4, 0.5) is 4.39 Å².